The fraction of sp³-hybridized carbons (Fsp3) is 0.250. The van der Waals surface area contributed by atoms with Gasteiger partial charge in [-0.3, -0.25) is 0 Å². The Hall–Kier alpha value is -0.640. The maximum Gasteiger partial charge on any atom is 0.272 e. The molecule has 0 saturated heterocycles. The molecule has 1 rings (SSSR count). The van der Waals surface area contributed by atoms with Crippen molar-refractivity contribution in [3.8, 4) is 5.75 Å². The number of para-hydroxylation sites is 1. The van der Waals surface area contributed by atoms with Crippen molar-refractivity contribution in [2.75, 3.05) is 6.61 Å². The van der Waals surface area contributed by atoms with Crippen molar-refractivity contribution >= 4 is 15.9 Å². The van der Waals surface area contributed by atoms with Gasteiger partial charge < -0.3 is 4.74 Å². The van der Waals surface area contributed by atoms with Crippen molar-refractivity contribution < 1.29 is 13.5 Å². The lowest BCUT2D eigenvalue weighted by molar-refractivity contribution is 0.0815. The number of alkyl halides is 2. The van der Waals surface area contributed by atoms with Crippen LogP contribution in [0.15, 0.2) is 28.7 Å². The molecule has 0 aliphatic rings. The van der Waals surface area contributed by atoms with Gasteiger partial charge >= 0.3 is 0 Å². The zero-order chi connectivity index (χ0) is 8.97. The molecular formula is C8H7BrF2O. The number of benzene rings is 1. The Morgan fingerprint density at radius 1 is 1.33 bits per heavy atom. The van der Waals surface area contributed by atoms with Gasteiger partial charge in [-0.15, -0.1) is 0 Å². The van der Waals surface area contributed by atoms with Gasteiger partial charge in [0.15, 0.2) is 0 Å². The van der Waals surface area contributed by atoms with Gasteiger partial charge in [0.05, 0.1) is 4.47 Å². The third-order valence-corrected chi connectivity index (χ3v) is 1.86. The molecule has 0 bridgehead atoms. The third kappa shape index (κ3) is 2.77. The molecule has 0 amide bonds. The smallest absolute Gasteiger partial charge is 0.272 e. The van der Waals surface area contributed by atoms with Crippen molar-refractivity contribution in [1.29, 1.82) is 0 Å². The zero-order valence-corrected chi connectivity index (χ0v) is 7.72. The summed E-state index contributed by atoms with van der Waals surface area (Å²) in [5, 5.41) is 0. The van der Waals surface area contributed by atoms with E-state index in [-0.39, 0.29) is 0 Å². The van der Waals surface area contributed by atoms with Crippen LogP contribution in [0, 0.1) is 0 Å². The zero-order valence-electron chi connectivity index (χ0n) is 6.14. The van der Waals surface area contributed by atoms with Crippen molar-refractivity contribution in [3.05, 3.63) is 28.7 Å². The molecule has 0 aliphatic carbocycles. The second-order valence-electron chi connectivity index (χ2n) is 2.13. The third-order valence-electron chi connectivity index (χ3n) is 1.20. The first-order valence-electron chi connectivity index (χ1n) is 3.35. The van der Waals surface area contributed by atoms with E-state index in [4.69, 9.17) is 4.74 Å². The Kier molecular flexibility index (Phi) is 3.47. The van der Waals surface area contributed by atoms with Crippen LogP contribution in [0.25, 0.3) is 0 Å². The molecular weight excluding hydrogens is 230 g/mol. The molecule has 1 aromatic carbocycles. The Bertz CT molecular complexity index is 253. The standard InChI is InChI=1S/C8H7BrF2O/c9-6-3-1-2-4-7(6)12-5-8(10)11/h1-4,8H,5H2. The molecule has 0 aliphatic heterocycles. The molecule has 1 nitrogen and oxygen atoms in total. The van der Waals surface area contributed by atoms with Crippen molar-refractivity contribution in [2.24, 2.45) is 0 Å². The average molecular weight is 237 g/mol. The van der Waals surface area contributed by atoms with Crippen molar-refractivity contribution in [1.82, 2.24) is 0 Å². The maximum atomic E-state index is 11.7. The van der Waals surface area contributed by atoms with Crippen LogP contribution in [-0.2, 0) is 0 Å². The first-order valence-corrected chi connectivity index (χ1v) is 4.15. The minimum Gasteiger partial charge on any atom is -0.486 e. The van der Waals surface area contributed by atoms with Gasteiger partial charge in [0, 0.05) is 0 Å². The minimum atomic E-state index is -2.43. The van der Waals surface area contributed by atoms with Gasteiger partial charge in [-0.1, -0.05) is 12.1 Å². The van der Waals surface area contributed by atoms with Gasteiger partial charge in [-0.25, -0.2) is 8.78 Å². The Balaban J connectivity index is 2.57. The lowest BCUT2D eigenvalue weighted by Crippen LogP contribution is -2.07. The van der Waals surface area contributed by atoms with Crippen LogP contribution >= 0.6 is 15.9 Å². The molecule has 12 heavy (non-hydrogen) atoms. The predicted octanol–water partition coefficient (Wildman–Crippen LogP) is 3.09. The van der Waals surface area contributed by atoms with E-state index in [2.05, 4.69) is 15.9 Å². The van der Waals surface area contributed by atoms with E-state index in [1.54, 1.807) is 24.3 Å². The van der Waals surface area contributed by atoms with E-state index in [9.17, 15) is 8.78 Å². The van der Waals surface area contributed by atoms with E-state index in [1.165, 1.54) is 0 Å². The van der Waals surface area contributed by atoms with Gasteiger partial charge in [-0.2, -0.15) is 0 Å². The first kappa shape index (κ1) is 9.45. The highest BCUT2D eigenvalue weighted by atomic mass is 79.9. The highest BCUT2D eigenvalue weighted by Gasteiger charge is 2.04. The summed E-state index contributed by atoms with van der Waals surface area (Å²) >= 11 is 3.18. The summed E-state index contributed by atoms with van der Waals surface area (Å²) in [5.74, 6) is 0.442. The van der Waals surface area contributed by atoms with Crippen LogP contribution in [0.1, 0.15) is 0 Å². The number of halogens is 3. The molecule has 4 heteroatoms. The Morgan fingerprint density at radius 2 is 2.00 bits per heavy atom. The quantitative estimate of drug-likeness (QED) is 0.784. The molecule has 0 spiro atoms. The normalized spacial score (nSPS) is 10.3. The highest BCUT2D eigenvalue weighted by molar-refractivity contribution is 9.10. The predicted molar refractivity (Wildman–Crippen MR) is 45.6 cm³/mol. The topological polar surface area (TPSA) is 9.23 Å². The summed E-state index contributed by atoms with van der Waals surface area (Å²) in [6, 6.07) is 6.89. The summed E-state index contributed by atoms with van der Waals surface area (Å²) in [4.78, 5) is 0. The van der Waals surface area contributed by atoms with Crippen LogP contribution in [0.2, 0.25) is 0 Å². The van der Waals surface area contributed by atoms with Gasteiger partial charge in [0.25, 0.3) is 6.43 Å². The molecule has 0 heterocycles. The molecule has 0 saturated carbocycles. The molecule has 0 fully saturated rings. The van der Waals surface area contributed by atoms with Crippen LogP contribution in [0.3, 0.4) is 0 Å². The van der Waals surface area contributed by atoms with Gasteiger partial charge in [-0.05, 0) is 28.1 Å². The summed E-state index contributed by atoms with van der Waals surface area (Å²) < 4.78 is 28.9. The fourth-order valence-electron chi connectivity index (χ4n) is 0.715. The molecule has 0 radical (unpaired) electrons. The van der Waals surface area contributed by atoms with Crippen LogP contribution in [0.4, 0.5) is 8.78 Å². The van der Waals surface area contributed by atoms with E-state index in [0.29, 0.717) is 10.2 Å². The fourth-order valence-corrected chi connectivity index (χ4v) is 1.11. The van der Waals surface area contributed by atoms with E-state index in [1.807, 2.05) is 0 Å². The van der Waals surface area contributed by atoms with Crippen molar-refractivity contribution in [2.45, 2.75) is 6.43 Å². The number of ether oxygens (including phenoxy) is 1. The lowest BCUT2D eigenvalue weighted by Gasteiger charge is -2.06. The monoisotopic (exact) mass is 236 g/mol. The average Bonchev–Trinajstić information content (AvgIpc) is 2.03. The largest absolute Gasteiger partial charge is 0.486 e. The highest BCUT2D eigenvalue weighted by Crippen LogP contribution is 2.23. The molecule has 66 valence electrons. The second kappa shape index (κ2) is 4.40. The first-order chi connectivity index (χ1) is 5.70. The Labute approximate surface area is 77.5 Å². The minimum absolute atomic E-state index is 0.442. The summed E-state index contributed by atoms with van der Waals surface area (Å²) in [5.41, 5.74) is 0. The van der Waals surface area contributed by atoms with Crippen LogP contribution in [0.5, 0.6) is 5.75 Å². The molecule has 0 N–H and O–H groups in total. The molecule has 0 unspecified atom stereocenters. The van der Waals surface area contributed by atoms with Crippen molar-refractivity contribution in [3.63, 3.8) is 0 Å². The lowest BCUT2D eigenvalue weighted by atomic mass is 10.3. The number of hydrogen-bond donors (Lipinski definition) is 0. The summed E-state index contributed by atoms with van der Waals surface area (Å²) in [7, 11) is 0. The molecule has 0 atom stereocenters. The second-order valence-corrected chi connectivity index (χ2v) is 2.99. The SMILES string of the molecule is FC(F)COc1ccccc1Br. The number of hydrogen-bond acceptors (Lipinski definition) is 1. The van der Waals surface area contributed by atoms with Gasteiger partial charge in [0.2, 0.25) is 0 Å². The van der Waals surface area contributed by atoms with E-state index < -0.39 is 13.0 Å². The van der Waals surface area contributed by atoms with Gasteiger partial charge in [0.1, 0.15) is 12.4 Å². The molecule has 0 aromatic heterocycles. The maximum absolute atomic E-state index is 11.7. The van der Waals surface area contributed by atoms with E-state index >= 15 is 0 Å². The molecule has 1 aromatic rings. The summed E-state index contributed by atoms with van der Waals surface area (Å²) in [6.45, 7) is -0.567. The Morgan fingerprint density at radius 3 is 2.58 bits per heavy atom. The summed E-state index contributed by atoms with van der Waals surface area (Å²) in [6.07, 6.45) is -2.43. The van der Waals surface area contributed by atoms with E-state index in [0.717, 1.165) is 0 Å². The van der Waals surface area contributed by atoms with Crippen LogP contribution in [-0.4, -0.2) is 13.0 Å². The van der Waals surface area contributed by atoms with Crippen LogP contribution < -0.4 is 4.74 Å². The number of rotatable bonds is 3.